The third-order valence-electron chi connectivity index (χ3n) is 4.99. The Bertz CT molecular complexity index is 861. The van der Waals surface area contributed by atoms with Gasteiger partial charge in [0, 0.05) is 50.0 Å². The molecule has 0 bridgehead atoms. The minimum atomic E-state index is -0.247. The van der Waals surface area contributed by atoms with Gasteiger partial charge in [0.05, 0.1) is 24.8 Å². The number of carbonyl (C=O) groups is 1. The number of carbonyl (C=O) groups excluding carboxylic acids is 1. The Kier molecular flexibility index (Phi) is 6.66. The number of nitrogens with one attached hydrogen (secondary N) is 1. The zero-order chi connectivity index (χ0) is 19.9. The Hall–Kier alpha value is -2.55. The molecule has 3 heterocycles. The standard InChI is InChI=1S/C21H26N4O4/c26-20(4-1-7-25-8-11-27-12-9-25)24-21-22-14-16-5-6-17(13-19(16)23-21)29-15-18-3-2-10-28-18/h1,4-6,13-14,18H,2-3,7-12,15H2,(H,22,23,24,26). The first-order chi connectivity index (χ1) is 14.3. The molecular formula is C21H26N4O4. The lowest BCUT2D eigenvalue weighted by Gasteiger charge is -2.24. The summed E-state index contributed by atoms with van der Waals surface area (Å²) in [4.78, 5) is 23.0. The third-order valence-corrected chi connectivity index (χ3v) is 4.99. The average Bonchev–Trinajstić information content (AvgIpc) is 3.26. The normalized spacial score (nSPS) is 20.3. The molecule has 8 nitrogen and oxygen atoms in total. The van der Waals surface area contributed by atoms with Crippen molar-refractivity contribution in [2.45, 2.75) is 18.9 Å². The van der Waals surface area contributed by atoms with Gasteiger partial charge in [-0.25, -0.2) is 9.97 Å². The fraction of sp³-hybridized carbons (Fsp3) is 0.476. The van der Waals surface area contributed by atoms with Crippen molar-refractivity contribution in [2.75, 3.05) is 51.4 Å². The number of aromatic nitrogens is 2. The van der Waals surface area contributed by atoms with Crippen molar-refractivity contribution >= 4 is 22.8 Å². The van der Waals surface area contributed by atoms with Crippen LogP contribution in [0, 0.1) is 0 Å². The molecule has 4 rings (SSSR count). The van der Waals surface area contributed by atoms with E-state index in [0.717, 1.165) is 68.9 Å². The molecule has 8 heteroatoms. The van der Waals surface area contributed by atoms with Crippen LogP contribution in [-0.4, -0.2) is 72.9 Å². The predicted molar refractivity (Wildman–Crippen MR) is 109 cm³/mol. The second kappa shape index (κ2) is 9.78. The van der Waals surface area contributed by atoms with Gasteiger partial charge in [-0.2, -0.15) is 0 Å². The second-order valence-corrected chi connectivity index (χ2v) is 7.16. The fourth-order valence-electron chi connectivity index (χ4n) is 3.36. The summed E-state index contributed by atoms with van der Waals surface area (Å²) in [7, 11) is 0. The molecule has 154 valence electrons. The van der Waals surface area contributed by atoms with Crippen molar-refractivity contribution in [3.8, 4) is 5.75 Å². The summed E-state index contributed by atoms with van der Waals surface area (Å²) in [6.07, 6.45) is 7.34. The van der Waals surface area contributed by atoms with Crippen LogP contribution in [0.4, 0.5) is 5.95 Å². The van der Waals surface area contributed by atoms with E-state index in [1.807, 2.05) is 24.3 Å². The van der Waals surface area contributed by atoms with Crippen LogP contribution in [0.5, 0.6) is 5.75 Å². The summed E-state index contributed by atoms with van der Waals surface area (Å²) >= 11 is 0. The van der Waals surface area contributed by atoms with Crippen LogP contribution in [0.1, 0.15) is 12.8 Å². The average molecular weight is 398 g/mol. The largest absolute Gasteiger partial charge is 0.491 e. The number of rotatable bonds is 7. The number of anilines is 1. The smallest absolute Gasteiger partial charge is 0.250 e. The Labute approximate surface area is 169 Å². The lowest BCUT2D eigenvalue weighted by molar-refractivity contribution is -0.112. The van der Waals surface area contributed by atoms with E-state index in [0.29, 0.717) is 6.61 Å². The number of hydrogen-bond acceptors (Lipinski definition) is 7. The van der Waals surface area contributed by atoms with Gasteiger partial charge in [-0.15, -0.1) is 0 Å². The summed E-state index contributed by atoms with van der Waals surface area (Å²) in [6.45, 7) is 5.32. The van der Waals surface area contributed by atoms with E-state index >= 15 is 0 Å². The minimum absolute atomic E-state index is 0.162. The quantitative estimate of drug-likeness (QED) is 0.714. The van der Waals surface area contributed by atoms with Crippen LogP contribution < -0.4 is 10.1 Å². The summed E-state index contributed by atoms with van der Waals surface area (Å²) in [5.74, 6) is 0.757. The maximum absolute atomic E-state index is 12.1. The van der Waals surface area contributed by atoms with Crippen LogP contribution in [-0.2, 0) is 14.3 Å². The molecular weight excluding hydrogens is 372 g/mol. The van der Waals surface area contributed by atoms with Gasteiger partial charge in [0.25, 0.3) is 0 Å². The number of nitrogens with zero attached hydrogens (tertiary/aromatic N) is 3. The third kappa shape index (κ3) is 5.72. The molecule has 0 spiro atoms. The van der Waals surface area contributed by atoms with Gasteiger partial charge in [0.15, 0.2) is 0 Å². The molecule has 1 amide bonds. The summed E-state index contributed by atoms with van der Waals surface area (Å²) < 4.78 is 16.7. The summed E-state index contributed by atoms with van der Waals surface area (Å²) in [5, 5.41) is 3.60. The molecule has 1 N–H and O–H groups in total. The van der Waals surface area contributed by atoms with Crippen LogP contribution in [0.2, 0.25) is 0 Å². The van der Waals surface area contributed by atoms with Gasteiger partial charge in [0.2, 0.25) is 11.9 Å². The number of ether oxygens (including phenoxy) is 3. The highest BCUT2D eigenvalue weighted by Gasteiger charge is 2.16. The Morgan fingerprint density at radius 3 is 3.03 bits per heavy atom. The summed E-state index contributed by atoms with van der Waals surface area (Å²) in [5.41, 5.74) is 0.720. The van der Waals surface area contributed by atoms with Gasteiger partial charge < -0.3 is 14.2 Å². The highest BCUT2D eigenvalue weighted by atomic mass is 16.5. The van der Waals surface area contributed by atoms with Crippen LogP contribution in [0.3, 0.4) is 0 Å². The second-order valence-electron chi connectivity index (χ2n) is 7.16. The van der Waals surface area contributed by atoms with E-state index in [1.54, 1.807) is 6.20 Å². The molecule has 0 radical (unpaired) electrons. The van der Waals surface area contributed by atoms with Crippen LogP contribution in [0.25, 0.3) is 10.9 Å². The molecule has 2 aliphatic rings. The monoisotopic (exact) mass is 398 g/mol. The van der Waals surface area contributed by atoms with E-state index in [1.165, 1.54) is 6.08 Å². The zero-order valence-corrected chi connectivity index (χ0v) is 16.4. The molecule has 1 aromatic carbocycles. The zero-order valence-electron chi connectivity index (χ0n) is 16.4. The molecule has 1 aromatic heterocycles. The van der Waals surface area contributed by atoms with E-state index in [4.69, 9.17) is 14.2 Å². The number of hydrogen-bond donors (Lipinski definition) is 1. The number of morpholine rings is 1. The molecule has 29 heavy (non-hydrogen) atoms. The van der Waals surface area contributed by atoms with E-state index in [2.05, 4.69) is 20.2 Å². The maximum Gasteiger partial charge on any atom is 0.250 e. The SMILES string of the molecule is O=C(C=CCN1CCOCC1)Nc1ncc2ccc(OCC3CCCO3)cc2n1. The van der Waals surface area contributed by atoms with E-state index < -0.39 is 0 Å². The molecule has 0 aliphatic carbocycles. The number of fused-ring (bicyclic) bond motifs is 1. The molecule has 1 unspecified atom stereocenters. The van der Waals surface area contributed by atoms with E-state index in [9.17, 15) is 4.79 Å². The molecule has 2 aromatic rings. The van der Waals surface area contributed by atoms with E-state index in [-0.39, 0.29) is 18.0 Å². The Morgan fingerprint density at radius 1 is 1.31 bits per heavy atom. The molecule has 2 fully saturated rings. The molecule has 2 saturated heterocycles. The van der Waals surface area contributed by atoms with Crippen molar-refractivity contribution in [1.29, 1.82) is 0 Å². The van der Waals surface area contributed by atoms with Crippen molar-refractivity contribution in [2.24, 2.45) is 0 Å². The van der Waals surface area contributed by atoms with Crippen molar-refractivity contribution in [3.63, 3.8) is 0 Å². The van der Waals surface area contributed by atoms with Gasteiger partial charge in [-0.3, -0.25) is 15.0 Å². The maximum atomic E-state index is 12.1. The fourth-order valence-corrected chi connectivity index (χ4v) is 3.36. The predicted octanol–water partition coefficient (Wildman–Crippen LogP) is 2.01. The van der Waals surface area contributed by atoms with Crippen molar-refractivity contribution in [1.82, 2.24) is 14.9 Å². The minimum Gasteiger partial charge on any atom is -0.491 e. The first kappa shape index (κ1) is 19.8. The van der Waals surface area contributed by atoms with Crippen molar-refractivity contribution < 1.29 is 19.0 Å². The number of amides is 1. The highest BCUT2D eigenvalue weighted by molar-refractivity contribution is 5.98. The first-order valence-corrected chi connectivity index (χ1v) is 10.0. The van der Waals surface area contributed by atoms with Gasteiger partial charge in [-0.1, -0.05) is 6.08 Å². The van der Waals surface area contributed by atoms with Crippen LogP contribution in [0.15, 0.2) is 36.5 Å². The van der Waals surface area contributed by atoms with Gasteiger partial charge in [-0.05, 0) is 25.0 Å². The highest BCUT2D eigenvalue weighted by Crippen LogP contribution is 2.21. The lowest BCUT2D eigenvalue weighted by atomic mass is 10.2. The van der Waals surface area contributed by atoms with Crippen LogP contribution >= 0.6 is 0 Å². The number of benzene rings is 1. The molecule has 1 atom stereocenters. The first-order valence-electron chi connectivity index (χ1n) is 10.0. The molecule has 2 aliphatic heterocycles. The lowest BCUT2D eigenvalue weighted by Crippen LogP contribution is -2.36. The Balaban J connectivity index is 1.33. The summed E-state index contributed by atoms with van der Waals surface area (Å²) in [6, 6.07) is 5.66. The van der Waals surface area contributed by atoms with Gasteiger partial charge in [0.1, 0.15) is 12.4 Å². The topological polar surface area (TPSA) is 85.8 Å². The van der Waals surface area contributed by atoms with Gasteiger partial charge >= 0.3 is 0 Å². The Morgan fingerprint density at radius 2 is 2.21 bits per heavy atom. The molecule has 0 saturated carbocycles. The van der Waals surface area contributed by atoms with Crippen molar-refractivity contribution in [3.05, 3.63) is 36.5 Å².